The van der Waals surface area contributed by atoms with Crippen molar-refractivity contribution < 1.29 is 62.5 Å². The van der Waals surface area contributed by atoms with Gasteiger partial charge >= 0.3 is 18.0 Å². The molecule has 0 unspecified atom stereocenters. The minimum atomic E-state index is -1.86. The Kier molecular flexibility index (Phi) is 14.5. The van der Waals surface area contributed by atoms with Crippen LogP contribution in [-0.4, -0.2) is 98.1 Å². The number of carbonyl (C=O) groups excluding carboxylic acids is 6. The highest BCUT2D eigenvalue weighted by Gasteiger charge is 2.51. The maximum Gasteiger partial charge on any atom is 0.404 e. The van der Waals surface area contributed by atoms with Gasteiger partial charge in [-0.15, -0.1) is 22.9 Å². The fraction of sp³-hybridized carbons (Fsp3) is 0.312. The van der Waals surface area contributed by atoms with Crippen LogP contribution < -0.4 is 16.4 Å². The molecule has 0 spiro atoms. The number of nitro benzene ring substituents is 2. The number of halogens is 1. The number of hydrogen-bond acceptors (Lipinski definition) is 18. The van der Waals surface area contributed by atoms with Gasteiger partial charge in [-0.1, -0.05) is 5.16 Å². The number of rotatable bonds is 19. The summed E-state index contributed by atoms with van der Waals surface area (Å²) in [5.41, 5.74) is 2.92. The third-order valence-corrected chi connectivity index (χ3v) is 8.42. The number of nitro groups is 2. The summed E-state index contributed by atoms with van der Waals surface area (Å²) in [4.78, 5) is 111. The molecule has 302 valence electrons. The number of nitrogens with two attached hydrogens (primary N) is 1. The molecule has 25 heteroatoms. The van der Waals surface area contributed by atoms with Crippen molar-refractivity contribution in [3.63, 3.8) is 0 Å². The predicted octanol–water partition coefficient (Wildman–Crippen LogP) is 1.85. The zero-order chi connectivity index (χ0) is 41.9. The molecule has 3 aromatic rings. The van der Waals surface area contributed by atoms with E-state index in [4.69, 9.17) is 41.2 Å². The monoisotopic (exact) mass is 834 g/mol. The highest BCUT2D eigenvalue weighted by atomic mass is 35.5. The van der Waals surface area contributed by atoms with Gasteiger partial charge in [0.2, 0.25) is 11.5 Å². The van der Waals surface area contributed by atoms with E-state index in [0.29, 0.717) is 16.2 Å². The van der Waals surface area contributed by atoms with Crippen LogP contribution in [0.5, 0.6) is 0 Å². The average Bonchev–Trinajstić information content (AvgIpc) is 3.63. The normalized spacial score (nSPS) is 15.1. The van der Waals surface area contributed by atoms with Crippen LogP contribution in [-0.2, 0) is 61.1 Å². The lowest BCUT2D eigenvalue weighted by atomic mass is 9.98. The molecule has 1 aliphatic rings. The van der Waals surface area contributed by atoms with Crippen molar-refractivity contribution in [1.82, 2.24) is 15.4 Å². The van der Waals surface area contributed by atoms with Crippen LogP contribution in [0.2, 0.25) is 0 Å². The van der Waals surface area contributed by atoms with Crippen LogP contribution in [0.25, 0.3) is 0 Å². The second-order valence-electron chi connectivity index (χ2n) is 11.9. The van der Waals surface area contributed by atoms with Gasteiger partial charge in [-0.05, 0) is 49.2 Å². The molecule has 1 saturated heterocycles. The number of hydroxylamine groups is 2. The Labute approximate surface area is 329 Å². The van der Waals surface area contributed by atoms with Crippen LogP contribution in [0, 0.1) is 20.2 Å². The van der Waals surface area contributed by atoms with E-state index in [1.807, 2.05) is 0 Å². The molecule has 0 aliphatic carbocycles. The van der Waals surface area contributed by atoms with E-state index < -0.39 is 88.1 Å². The average molecular weight is 835 g/mol. The smallest absolute Gasteiger partial charge is 0.404 e. The number of hydrogen-bond donors (Lipinski definition) is 3. The Morgan fingerprint density at radius 1 is 0.965 bits per heavy atom. The number of oxime groups is 1. The van der Waals surface area contributed by atoms with Gasteiger partial charge < -0.3 is 35.4 Å². The van der Waals surface area contributed by atoms with Crippen molar-refractivity contribution in [3.8, 4) is 0 Å². The third kappa shape index (κ3) is 11.8. The lowest BCUT2D eigenvalue weighted by Gasteiger charge is -2.44. The molecule has 2 aromatic carbocycles. The summed E-state index contributed by atoms with van der Waals surface area (Å²) in [5.74, 6) is -4.99. The Bertz CT molecular complexity index is 2060. The molecule has 0 radical (unpaired) electrons. The summed E-state index contributed by atoms with van der Waals surface area (Å²) in [7, 11) is 0. The SMILES string of the molecule is CC(C)(ON=C(C(=O)N[C@@H]1C(=O)N(OCC(=O)OCc2ccc([N+](=O)[O-])cc2)[C@H]1COC(N)=O)c1csc(NC(=O)CCl)n1)C(=O)OCc1ccc([N+](=O)[O-])cc1. The zero-order valence-corrected chi connectivity index (χ0v) is 31.2. The van der Waals surface area contributed by atoms with Gasteiger partial charge in [-0.25, -0.2) is 24.4 Å². The number of aromatic nitrogens is 1. The second kappa shape index (κ2) is 19.2. The van der Waals surface area contributed by atoms with Crippen LogP contribution in [0.15, 0.2) is 59.1 Å². The number of amides is 4. The van der Waals surface area contributed by atoms with Crippen molar-refractivity contribution in [2.24, 2.45) is 10.9 Å². The van der Waals surface area contributed by atoms with Gasteiger partial charge in [0.1, 0.15) is 43.5 Å². The lowest BCUT2D eigenvalue weighted by Crippen LogP contribution is -2.72. The Balaban J connectivity index is 1.46. The zero-order valence-electron chi connectivity index (χ0n) is 29.6. The Hall–Kier alpha value is -6.79. The number of non-ortho nitro benzene ring substituents is 2. The maximum absolute atomic E-state index is 13.7. The molecule has 4 amide bonds. The van der Waals surface area contributed by atoms with Crippen LogP contribution in [0.3, 0.4) is 0 Å². The molecular weight excluding hydrogens is 804 g/mol. The van der Waals surface area contributed by atoms with E-state index in [9.17, 15) is 49.0 Å². The molecule has 23 nitrogen and oxygen atoms in total. The van der Waals surface area contributed by atoms with Gasteiger partial charge in [0, 0.05) is 29.6 Å². The van der Waals surface area contributed by atoms with Crippen molar-refractivity contribution in [3.05, 3.63) is 91.0 Å². The van der Waals surface area contributed by atoms with Crippen molar-refractivity contribution >= 4 is 80.9 Å². The van der Waals surface area contributed by atoms with Crippen molar-refractivity contribution in [2.45, 2.75) is 44.7 Å². The topological polar surface area (TPSA) is 313 Å². The predicted molar refractivity (Wildman–Crippen MR) is 193 cm³/mol. The van der Waals surface area contributed by atoms with E-state index in [1.165, 1.54) is 67.8 Å². The highest BCUT2D eigenvalue weighted by Crippen LogP contribution is 2.24. The molecule has 0 saturated carbocycles. The minimum absolute atomic E-state index is 0.00888. The number of β-lactam (4-membered cyclic amide) rings is 1. The molecule has 0 bridgehead atoms. The molecule has 4 N–H and O–H groups in total. The molecule has 2 atom stereocenters. The number of anilines is 1. The van der Waals surface area contributed by atoms with Crippen molar-refractivity contribution in [2.75, 3.05) is 24.4 Å². The number of primary amides is 1. The summed E-state index contributed by atoms with van der Waals surface area (Å²) >= 11 is 6.41. The molecule has 57 heavy (non-hydrogen) atoms. The van der Waals surface area contributed by atoms with Crippen LogP contribution in [0.4, 0.5) is 21.3 Å². The first-order chi connectivity index (χ1) is 27.0. The van der Waals surface area contributed by atoms with Crippen molar-refractivity contribution in [1.29, 1.82) is 0 Å². The Morgan fingerprint density at radius 2 is 1.54 bits per heavy atom. The largest absolute Gasteiger partial charge is 0.459 e. The first-order valence-electron chi connectivity index (χ1n) is 16.1. The quantitative estimate of drug-likeness (QED) is 0.0295. The van der Waals surface area contributed by atoms with Gasteiger partial charge in [-0.2, -0.15) is 0 Å². The molecule has 2 heterocycles. The minimum Gasteiger partial charge on any atom is -0.459 e. The lowest BCUT2D eigenvalue weighted by molar-refractivity contribution is -0.385. The van der Waals surface area contributed by atoms with E-state index in [-0.39, 0.29) is 35.4 Å². The first-order valence-corrected chi connectivity index (χ1v) is 17.5. The van der Waals surface area contributed by atoms with E-state index in [0.717, 1.165) is 11.3 Å². The highest BCUT2D eigenvalue weighted by molar-refractivity contribution is 7.14. The van der Waals surface area contributed by atoms with Gasteiger partial charge in [0.05, 0.1) is 9.85 Å². The van der Waals surface area contributed by atoms with Crippen LogP contribution >= 0.6 is 22.9 Å². The maximum atomic E-state index is 13.7. The standard InChI is InChI=1S/C32H31ClN8O15S/c1-32(2,29(46)53-13-18-5-9-20(10-6-18)41(50)51)56-38-25(21-16-57-31(35-21)36-23(42)11-33)27(44)37-26-22(14-54-30(34)47)39(28(26)45)55-15-24(43)52-12-17-3-7-19(8-4-17)40(48)49/h3-10,16,22,26H,11-15H2,1-2H3,(H2,34,47)(H,37,44)(H,35,36,42)/t22-,26-/m0/s1. The summed E-state index contributed by atoms with van der Waals surface area (Å²) in [6.45, 7) is 0.495. The summed E-state index contributed by atoms with van der Waals surface area (Å²) in [6.07, 6.45) is -1.24. The van der Waals surface area contributed by atoms with Gasteiger partial charge in [0.15, 0.2) is 17.5 Å². The fourth-order valence-corrected chi connectivity index (χ4v) is 5.23. The number of carbonyl (C=O) groups is 6. The van der Waals surface area contributed by atoms with Crippen LogP contribution in [0.1, 0.15) is 30.7 Å². The Morgan fingerprint density at radius 3 is 2.09 bits per heavy atom. The number of nitrogens with one attached hydrogen (secondary N) is 2. The molecule has 4 rings (SSSR count). The van der Waals surface area contributed by atoms with E-state index >= 15 is 0 Å². The number of nitrogens with zero attached hydrogens (tertiary/aromatic N) is 5. The van der Waals surface area contributed by atoms with Gasteiger partial charge in [0.25, 0.3) is 23.2 Å². The van der Waals surface area contributed by atoms with E-state index in [1.54, 1.807) is 0 Å². The van der Waals surface area contributed by atoms with E-state index in [2.05, 4.69) is 20.8 Å². The summed E-state index contributed by atoms with van der Waals surface area (Å²) < 4.78 is 15.2. The number of ether oxygens (including phenoxy) is 3. The molecular formula is C32H31ClN8O15S. The summed E-state index contributed by atoms with van der Waals surface area (Å²) in [5, 5.41) is 32.3. The fourth-order valence-electron chi connectivity index (χ4n) is 4.45. The number of alkyl halides is 1. The first kappa shape index (κ1) is 42.9. The number of benzene rings is 2. The molecule has 1 fully saturated rings. The molecule has 1 aliphatic heterocycles. The third-order valence-electron chi connectivity index (χ3n) is 7.42. The second-order valence-corrected chi connectivity index (χ2v) is 13.1. The number of esters is 2. The summed E-state index contributed by atoms with van der Waals surface area (Å²) in [6, 6.07) is 7.66. The molecule has 1 aromatic heterocycles. The number of thiazole rings is 1. The van der Waals surface area contributed by atoms with Gasteiger partial charge in [-0.3, -0.25) is 39.4 Å².